The highest BCUT2D eigenvalue weighted by molar-refractivity contribution is 5.60. The Balaban J connectivity index is 1.89. The van der Waals surface area contributed by atoms with Gasteiger partial charge >= 0.3 is 0 Å². The Labute approximate surface area is 96.6 Å². The first kappa shape index (κ1) is 9.97. The van der Waals surface area contributed by atoms with E-state index in [2.05, 4.69) is 29.3 Å². The van der Waals surface area contributed by atoms with Gasteiger partial charge in [-0.2, -0.15) is 0 Å². The van der Waals surface area contributed by atoms with E-state index in [1.807, 2.05) is 6.07 Å². The molecule has 0 aliphatic carbocycles. The lowest BCUT2D eigenvalue weighted by molar-refractivity contribution is 0.580. The van der Waals surface area contributed by atoms with Gasteiger partial charge in [-0.25, -0.2) is 0 Å². The van der Waals surface area contributed by atoms with E-state index in [0.29, 0.717) is 12.1 Å². The third-order valence-corrected chi connectivity index (χ3v) is 3.90. The Hall–Kier alpha value is -1.22. The molecule has 3 rings (SSSR count). The molecule has 3 N–H and O–H groups in total. The highest BCUT2D eigenvalue weighted by Crippen LogP contribution is 2.31. The second-order valence-corrected chi connectivity index (χ2v) is 4.88. The third-order valence-electron chi connectivity index (χ3n) is 3.90. The van der Waals surface area contributed by atoms with Crippen molar-refractivity contribution in [1.29, 1.82) is 0 Å². The van der Waals surface area contributed by atoms with Crippen LogP contribution in [0.15, 0.2) is 18.2 Å². The van der Waals surface area contributed by atoms with E-state index in [-0.39, 0.29) is 0 Å². The van der Waals surface area contributed by atoms with Crippen molar-refractivity contribution in [3.8, 4) is 0 Å². The lowest BCUT2D eigenvalue weighted by Crippen LogP contribution is -2.43. The fourth-order valence-corrected chi connectivity index (χ4v) is 2.95. The summed E-state index contributed by atoms with van der Waals surface area (Å²) >= 11 is 0. The summed E-state index contributed by atoms with van der Waals surface area (Å²) in [6.45, 7) is 4.45. The zero-order chi connectivity index (χ0) is 11.1. The Morgan fingerprint density at radius 1 is 1.50 bits per heavy atom. The van der Waals surface area contributed by atoms with Gasteiger partial charge in [0, 0.05) is 36.5 Å². The molecule has 3 heteroatoms. The number of anilines is 2. The number of aryl methyl sites for hydroxylation is 1. The van der Waals surface area contributed by atoms with Gasteiger partial charge in [0.15, 0.2) is 0 Å². The maximum atomic E-state index is 5.94. The summed E-state index contributed by atoms with van der Waals surface area (Å²) in [5.74, 6) is 0. The molecule has 2 atom stereocenters. The van der Waals surface area contributed by atoms with Crippen LogP contribution < -0.4 is 16.0 Å². The van der Waals surface area contributed by atoms with Gasteiger partial charge in [0.05, 0.1) is 0 Å². The molecule has 2 heterocycles. The topological polar surface area (TPSA) is 41.3 Å². The summed E-state index contributed by atoms with van der Waals surface area (Å²) in [6.07, 6.45) is 2.31. The summed E-state index contributed by atoms with van der Waals surface area (Å²) in [5, 5.41) is 3.53. The molecule has 2 aliphatic rings. The molecule has 2 saturated heterocycles. The first-order chi connectivity index (χ1) is 7.78. The van der Waals surface area contributed by atoms with Gasteiger partial charge in [0.1, 0.15) is 0 Å². The zero-order valence-electron chi connectivity index (χ0n) is 9.74. The van der Waals surface area contributed by atoms with Gasteiger partial charge in [-0.1, -0.05) is 6.92 Å². The maximum absolute atomic E-state index is 5.94. The molecule has 0 aromatic heterocycles. The van der Waals surface area contributed by atoms with Crippen molar-refractivity contribution in [2.24, 2.45) is 0 Å². The lowest BCUT2D eigenvalue weighted by atomic mass is 10.1. The molecule has 2 bridgehead atoms. The predicted octanol–water partition coefficient (Wildman–Crippen LogP) is 1.38. The van der Waals surface area contributed by atoms with E-state index in [4.69, 9.17) is 5.73 Å². The van der Waals surface area contributed by atoms with Crippen LogP contribution in [0, 0.1) is 0 Å². The van der Waals surface area contributed by atoms with Crippen molar-refractivity contribution in [1.82, 2.24) is 5.32 Å². The van der Waals surface area contributed by atoms with E-state index in [1.165, 1.54) is 17.7 Å². The lowest BCUT2D eigenvalue weighted by Gasteiger charge is -2.30. The van der Waals surface area contributed by atoms with Crippen molar-refractivity contribution in [3.05, 3.63) is 23.8 Å². The van der Waals surface area contributed by atoms with Crippen LogP contribution in [0.5, 0.6) is 0 Å². The van der Waals surface area contributed by atoms with E-state index in [0.717, 1.165) is 25.2 Å². The number of nitrogens with two attached hydrogens (primary N) is 1. The second-order valence-electron chi connectivity index (χ2n) is 4.88. The van der Waals surface area contributed by atoms with Gasteiger partial charge in [0.25, 0.3) is 0 Å². The van der Waals surface area contributed by atoms with Gasteiger partial charge < -0.3 is 16.0 Å². The first-order valence-electron chi connectivity index (χ1n) is 6.16. The molecule has 3 nitrogen and oxygen atoms in total. The minimum Gasteiger partial charge on any atom is -0.399 e. The molecule has 0 spiro atoms. The van der Waals surface area contributed by atoms with Crippen molar-refractivity contribution >= 4 is 11.4 Å². The predicted molar refractivity (Wildman–Crippen MR) is 67.8 cm³/mol. The summed E-state index contributed by atoms with van der Waals surface area (Å²) in [7, 11) is 0. The number of piperazine rings is 1. The van der Waals surface area contributed by atoms with E-state index < -0.39 is 0 Å². The SMILES string of the molecule is CCc1cc(N2CC3CC2CN3)ccc1N. The smallest absolute Gasteiger partial charge is 0.0430 e. The Morgan fingerprint density at radius 3 is 3.00 bits per heavy atom. The number of nitrogen functional groups attached to an aromatic ring is 1. The molecule has 2 unspecified atom stereocenters. The zero-order valence-corrected chi connectivity index (χ0v) is 9.74. The number of hydrogen-bond acceptors (Lipinski definition) is 3. The van der Waals surface area contributed by atoms with Crippen LogP contribution in [0.3, 0.4) is 0 Å². The highest BCUT2D eigenvalue weighted by Gasteiger charge is 2.37. The molecule has 0 radical (unpaired) electrons. The summed E-state index contributed by atoms with van der Waals surface area (Å²) in [4.78, 5) is 2.53. The molecule has 1 aromatic rings. The number of benzene rings is 1. The fraction of sp³-hybridized carbons (Fsp3) is 0.538. The molecule has 16 heavy (non-hydrogen) atoms. The number of hydrogen-bond donors (Lipinski definition) is 2. The molecule has 2 fully saturated rings. The van der Waals surface area contributed by atoms with Crippen molar-refractivity contribution in [2.45, 2.75) is 31.8 Å². The monoisotopic (exact) mass is 217 g/mol. The van der Waals surface area contributed by atoms with E-state index in [9.17, 15) is 0 Å². The second kappa shape index (κ2) is 3.67. The van der Waals surface area contributed by atoms with Crippen LogP contribution in [0.4, 0.5) is 11.4 Å². The Kier molecular flexibility index (Phi) is 2.28. The van der Waals surface area contributed by atoms with E-state index in [1.54, 1.807) is 0 Å². The van der Waals surface area contributed by atoms with Gasteiger partial charge in [0.2, 0.25) is 0 Å². The average Bonchev–Trinajstić information content (AvgIpc) is 2.91. The van der Waals surface area contributed by atoms with Crippen molar-refractivity contribution in [2.75, 3.05) is 23.7 Å². The van der Waals surface area contributed by atoms with Crippen LogP contribution in [0.2, 0.25) is 0 Å². The standard InChI is InChI=1S/C13H19N3/c1-2-9-5-11(3-4-13(9)14)16-8-10-6-12(16)7-15-10/h3-5,10,12,15H,2,6-8,14H2,1H3. The number of fused-ring (bicyclic) bond motifs is 2. The molecule has 1 aromatic carbocycles. The Bertz CT molecular complexity index is 402. The third kappa shape index (κ3) is 1.47. The quantitative estimate of drug-likeness (QED) is 0.735. The van der Waals surface area contributed by atoms with Crippen LogP contribution in [-0.4, -0.2) is 25.2 Å². The first-order valence-corrected chi connectivity index (χ1v) is 6.16. The minimum atomic E-state index is 0.693. The summed E-state index contributed by atoms with van der Waals surface area (Å²) in [5.41, 5.74) is 9.49. The van der Waals surface area contributed by atoms with E-state index >= 15 is 0 Å². The molecule has 0 saturated carbocycles. The Morgan fingerprint density at radius 2 is 2.38 bits per heavy atom. The van der Waals surface area contributed by atoms with Crippen LogP contribution in [0.25, 0.3) is 0 Å². The number of nitrogens with one attached hydrogen (secondary N) is 1. The normalized spacial score (nSPS) is 27.7. The minimum absolute atomic E-state index is 0.693. The van der Waals surface area contributed by atoms with Gasteiger partial charge in [-0.3, -0.25) is 0 Å². The summed E-state index contributed by atoms with van der Waals surface area (Å²) in [6, 6.07) is 7.87. The number of rotatable bonds is 2. The molecular formula is C13H19N3. The van der Waals surface area contributed by atoms with Gasteiger partial charge in [-0.05, 0) is 36.6 Å². The van der Waals surface area contributed by atoms with Crippen LogP contribution in [0.1, 0.15) is 18.9 Å². The highest BCUT2D eigenvalue weighted by atomic mass is 15.3. The van der Waals surface area contributed by atoms with Crippen molar-refractivity contribution < 1.29 is 0 Å². The maximum Gasteiger partial charge on any atom is 0.0430 e. The summed E-state index contributed by atoms with van der Waals surface area (Å²) < 4.78 is 0. The largest absolute Gasteiger partial charge is 0.399 e. The molecular weight excluding hydrogens is 198 g/mol. The van der Waals surface area contributed by atoms with Crippen LogP contribution in [-0.2, 0) is 6.42 Å². The van der Waals surface area contributed by atoms with Crippen LogP contribution >= 0.6 is 0 Å². The van der Waals surface area contributed by atoms with Crippen molar-refractivity contribution in [3.63, 3.8) is 0 Å². The molecule has 86 valence electrons. The molecule has 0 amide bonds. The fourth-order valence-electron chi connectivity index (χ4n) is 2.95. The van der Waals surface area contributed by atoms with Gasteiger partial charge in [-0.15, -0.1) is 0 Å². The molecule has 2 aliphatic heterocycles. The number of nitrogens with zero attached hydrogens (tertiary/aromatic N) is 1. The average molecular weight is 217 g/mol.